The number of nitrogens with zero attached hydrogens (tertiary/aromatic N) is 1. The van der Waals surface area contributed by atoms with Crippen molar-refractivity contribution in [3.05, 3.63) is 48.0 Å². The molecule has 2 aromatic carbocycles. The van der Waals surface area contributed by atoms with Crippen molar-refractivity contribution < 1.29 is 19.1 Å². The zero-order chi connectivity index (χ0) is 17.5. The van der Waals surface area contributed by atoms with Crippen molar-refractivity contribution in [1.82, 2.24) is 0 Å². The van der Waals surface area contributed by atoms with Gasteiger partial charge >= 0.3 is 11.8 Å². The molecule has 0 heterocycles. The van der Waals surface area contributed by atoms with E-state index in [1.165, 1.54) is 26.4 Å². The lowest BCUT2D eigenvalue weighted by atomic mass is 10.2. The summed E-state index contributed by atoms with van der Waals surface area (Å²) in [6.45, 7) is 0. The molecule has 0 aliphatic heterocycles. The summed E-state index contributed by atoms with van der Waals surface area (Å²) >= 11 is 0. The van der Waals surface area contributed by atoms with E-state index >= 15 is 0 Å². The van der Waals surface area contributed by atoms with Crippen molar-refractivity contribution >= 4 is 23.2 Å². The second-order valence-corrected chi connectivity index (χ2v) is 4.66. The molecule has 0 aromatic heterocycles. The normalized spacial score (nSPS) is 9.54. The Balaban J connectivity index is 2.06. The predicted octanol–water partition coefficient (Wildman–Crippen LogP) is 2.15. The van der Waals surface area contributed by atoms with Gasteiger partial charge in [-0.3, -0.25) is 9.59 Å². The van der Waals surface area contributed by atoms with Crippen molar-refractivity contribution in [3.8, 4) is 17.6 Å². The molecule has 0 bridgehead atoms. The highest BCUT2D eigenvalue weighted by atomic mass is 16.5. The minimum atomic E-state index is -0.845. The molecule has 0 radical (unpaired) electrons. The lowest BCUT2D eigenvalue weighted by molar-refractivity contribution is -0.133. The average Bonchev–Trinajstić information content (AvgIpc) is 2.62. The molecule has 2 aromatic rings. The molecule has 0 aliphatic rings. The van der Waals surface area contributed by atoms with Gasteiger partial charge in [-0.25, -0.2) is 0 Å². The van der Waals surface area contributed by atoms with E-state index in [4.69, 9.17) is 14.7 Å². The van der Waals surface area contributed by atoms with Gasteiger partial charge in [0.25, 0.3) is 0 Å². The van der Waals surface area contributed by atoms with Gasteiger partial charge in [0, 0.05) is 11.8 Å². The largest absolute Gasteiger partial charge is 0.497 e. The van der Waals surface area contributed by atoms with Gasteiger partial charge in [0.15, 0.2) is 0 Å². The summed E-state index contributed by atoms with van der Waals surface area (Å²) in [5.74, 6) is -0.749. The summed E-state index contributed by atoms with van der Waals surface area (Å²) < 4.78 is 10.2. The zero-order valence-corrected chi connectivity index (χ0v) is 13.1. The number of hydrogen-bond donors (Lipinski definition) is 2. The number of hydrogen-bond acceptors (Lipinski definition) is 5. The van der Waals surface area contributed by atoms with Gasteiger partial charge in [0.1, 0.15) is 11.5 Å². The van der Waals surface area contributed by atoms with E-state index in [9.17, 15) is 9.59 Å². The number of nitriles is 1. The van der Waals surface area contributed by atoms with Gasteiger partial charge in [0.05, 0.1) is 31.5 Å². The van der Waals surface area contributed by atoms with Crippen molar-refractivity contribution in [3.63, 3.8) is 0 Å². The van der Waals surface area contributed by atoms with Crippen LogP contribution in [-0.4, -0.2) is 26.0 Å². The van der Waals surface area contributed by atoms with Gasteiger partial charge < -0.3 is 20.1 Å². The molecular weight excluding hydrogens is 310 g/mol. The van der Waals surface area contributed by atoms with E-state index in [1.807, 2.05) is 6.07 Å². The number of ether oxygens (including phenoxy) is 2. The van der Waals surface area contributed by atoms with Gasteiger partial charge in [-0.15, -0.1) is 0 Å². The summed E-state index contributed by atoms with van der Waals surface area (Å²) in [6, 6.07) is 12.9. The molecule has 0 fully saturated rings. The molecule has 7 nitrogen and oxygen atoms in total. The molecule has 0 saturated carbocycles. The molecule has 2 rings (SSSR count). The maximum absolute atomic E-state index is 12.0. The topological polar surface area (TPSA) is 100 Å². The second kappa shape index (κ2) is 7.65. The summed E-state index contributed by atoms with van der Waals surface area (Å²) in [7, 11) is 2.96. The van der Waals surface area contributed by atoms with Crippen LogP contribution in [0.3, 0.4) is 0 Å². The molecule has 122 valence electrons. The smallest absolute Gasteiger partial charge is 0.314 e. The molecule has 0 spiro atoms. The number of carbonyl (C=O) groups excluding carboxylic acids is 2. The van der Waals surface area contributed by atoms with Crippen LogP contribution in [0.5, 0.6) is 11.5 Å². The van der Waals surface area contributed by atoms with E-state index in [0.29, 0.717) is 28.4 Å². The number of nitrogens with one attached hydrogen (secondary N) is 2. The van der Waals surface area contributed by atoms with Gasteiger partial charge in [-0.05, 0) is 36.4 Å². The molecule has 0 aliphatic carbocycles. The van der Waals surface area contributed by atoms with Crippen LogP contribution in [0.25, 0.3) is 0 Å². The Morgan fingerprint density at radius 3 is 2.21 bits per heavy atom. The monoisotopic (exact) mass is 325 g/mol. The molecule has 7 heteroatoms. The Bertz CT molecular complexity index is 794. The Labute approximate surface area is 138 Å². The zero-order valence-electron chi connectivity index (χ0n) is 13.1. The van der Waals surface area contributed by atoms with Gasteiger partial charge in [-0.1, -0.05) is 0 Å². The van der Waals surface area contributed by atoms with Crippen LogP contribution in [0.2, 0.25) is 0 Å². The van der Waals surface area contributed by atoms with Crippen molar-refractivity contribution in [2.24, 2.45) is 0 Å². The van der Waals surface area contributed by atoms with Crippen LogP contribution in [0.1, 0.15) is 5.56 Å². The maximum atomic E-state index is 12.0. The Morgan fingerprint density at radius 2 is 1.62 bits per heavy atom. The molecule has 2 N–H and O–H groups in total. The number of carbonyl (C=O) groups is 2. The lowest BCUT2D eigenvalue weighted by Gasteiger charge is -2.11. The van der Waals surface area contributed by atoms with E-state index in [0.717, 1.165) is 0 Å². The van der Waals surface area contributed by atoms with Crippen LogP contribution < -0.4 is 20.1 Å². The van der Waals surface area contributed by atoms with Crippen molar-refractivity contribution in [2.45, 2.75) is 0 Å². The standard InChI is InChI=1S/C17H15N3O4/c1-23-13-7-8-14(15(9-13)24-2)20-17(22)16(21)19-12-5-3-11(10-18)4-6-12/h3-9H,1-2H3,(H,19,21)(H,20,22). The quantitative estimate of drug-likeness (QED) is 0.839. The fraction of sp³-hybridized carbons (Fsp3) is 0.118. The SMILES string of the molecule is COc1ccc(NC(=O)C(=O)Nc2ccc(C#N)cc2)c(OC)c1. The lowest BCUT2D eigenvalue weighted by Crippen LogP contribution is -2.29. The Hall–Kier alpha value is -3.53. The van der Waals surface area contributed by atoms with Gasteiger partial charge in [-0.2, -0.15) is 5.26 Å². The molecule has 0 atom stereocenters. The summed E-state index contributed by atoms with van der Waals surface area (Å²) in [6.07, 6.45) is 0. The minimum Gasteiger partial charge on any atom is -0.497 e. The predicted molar refractivity (Wildman–Crippen MR) is 88.0 cm³/mol. The van der Waals surface area contributed by atoms with E-state index < -0.39 is 11.8 Å². The second-order valence-electron chi connectivity index (χ2n) is 4.66. The van der Waals surface area contributed by atoms with Crippen LogP contribution in [0.4, 0.5) is 11.4 Å². The van der Waals surface area contributed by atoms with Crippen LogP contribution in [0, 0.1) is 11.3 Å². The third-order valence-electron chi connectivity index (χ3n) is 3.13. The summed E-state index contributed by atoms with van der Waals surface area (Å²) in [5, 5.41) is 13.6. The molecule has 24 heavy (non-hydrogen) atoms. The van der Waals surface area contributed by atoms with Crippen molar-refractivity contribution in [2.75, 3.05) is 24.9 Å². The third-order valence-corrected chi connectivity index (χ3v) is 3.13. The number of methoxy groups -OCH3 is 2. The highest BCUT2D eigenvalue weighted by Gasteiger charge is 2.16. The first-order chi connectivity index (χ1) is 11.6. The first-order valence-corrected chi connectivity index (χ1v) is 6.92. The van der Waals surface area contributed by atoms with Crippen LogP contribution in [0.15, 0.2) is 42.5 Å². The molecule has 0 saturated heterocycles. The average molecular weight is 325 g/mol. The number of amides is 2. The molecule has 0 unspecified atom stereocenters. The first kappa shape index (κ1) is 16.8. The Kier molecular flexibility index (Phi) is 5.36. The fourth-order valence-corrected chi connectivity index (χ4v) is 1.90. The fourth-order valence-electron chi connectivity index (χ4n) is 1.90. The van der Waals surface area contributed by atoms with Crippen LogP contribution >= 0.6 is 0 Å². The third kappa shape index (κ3) is 4.01. The van der Waals surface area contributed by atoms with E-state index in [1.54, 1.807) is 30.3 Å². The first-order valence-electron chi connectivity index (χ1n) is 6.92. The van der Waals surface area contributed by atoms with E-state index in [2.05, 4.69) is 10.6 Å². The van der Waals surface area contributed by atoms with E-state index in [-0.39, 0.29) is 0 Å². The maximum Gasteiger partial charge on any atom is 0.314 e. The number of anilines is 2. The highest BCUT2D eigenvalue weighted by molar-refractivity contribution is 6.43. The summed E-state index contributed by atoms with van der Waals surface area (Å²) in [4.78, 5) is 23.9. The Morgan fingerprint density at radius 1 is 0.958 bits per heavy atom. The summed E-state index contributed by atoms with van der Waals surface area (Å²) in [5.41, 5.74) is 1.22. The molecular formula is C17H15N3O4. The number of benzene rings is 2. The van der Waals surface area contributed by atoms with Crippen LogP contribution in [-0.2, 0) is 9.59 Å². The highest BCUT2D eigenvalue weighted by Crippen LogP contribution is 2.28. The number of rotatable bonds is 4. The molecule has 2 amide bonds. The van der Waals surface area contributed by atoms with Gasteiger partial charge in [0.2, 0.25) is 0 Å². The minimum absolute atomic E-state index is 0.346. The van der Waals surface area contributed by atoms with Crippen molar-refractivity contribution in [1.29, 1.82) is 5.26 Å².